The number of hydrogen-bond donors (Lipinski definition) is 8. The number of anilines is 1. The zero-order valence-corrected chi connectivity index (χ0v) is 32.9. The van der Waals surface area contributed by atoms with Crippen molar-refractivity contribution in [2.45, 2.75) is 81.2 Å². The van der Waals surface area contributed by atoms with Crippen molar-refractivity contribution < 1.29 is 42.3 Å². The van der Waals surface area contributed by atoms with Crippen LogP contribution in [-0.4, -0.2) is 97.6 Å². The highest BCUT2D eigenvalue weighted by atomic mass is 32.2. The van der Waals surface area contributed by atoms with Crippen LogP contribution in [0.5, 0.6) is 0 Å². The van der Waals surface area contributed by atoms with Gasteiger partial charge in [-0.1, -0.05) is 18.2 Å². The summed E-state index contributed by atoms with van der Waals surface area (Å²) in [5.74, 6) is -2.46. The Labute approximate surface area is 336 Å². The fraction of sp³-hybridized carbons (Fsp3) is 0.513. The third-order valence-corrected chi connectivity index (χ3v) is 13.4. The lowest BCUT2D eigenvalue weighted by Gasteiger charge is -2.55. The molecule has 1 heterocycles. The molecule has 312 valence electrons. The van der Waals surface area contributed by atoms with Gasteiger partial charge in [-0.15, -0.1) is 0 Å². The second-order valence-electron chi connectivity index (χ2n) is 15.9. The van der Waals surface area contributed by atoms with Gasteiger partial charge in [0.25, 0.3) is 5.91 Å². The van der Waals surface area contributed by atoms with Crippen LogP contribution in [0.1, 0.15) is 74.6 Å². The Morgan fingerprint density at radius 2 is 1.57 bits per heavy atom. The first-order valence-electron chi connectivity index (χ1n) is 19.6. The molecule has 2 atom stereocenters. The van der Waals surface area contributed by atoms with Crippen LogP contribution in [0.25, 0.3) is 0 Å². The van der Waals surface area contributed by atoms with Crippen LogP contribution in [-0.2, 0) is 34.0 Å². The van der Waals surface area contributed by atoms with E-state index in [0.717, 1.165) is 23.6 Å². The molecule has 5 aliphatic rings. The number of nitrogens with one attached hydrogen (secondary N) is 5. The van der Waals surface area contributed by atoms with Gasteiger partial charge in [-0.3, -0.25) is 24.0 Å². The molecular formula is C39H51N9O9S. The Bertz CT molecular complexity index is 2020. The Kier molecular flexibility index (Phi) is 13.0. The molecule has 10 N–H and O–H groups in total. The number of benzene rings is 2. The SMILES string of the molecule is NC(N)=Nc1cc(NC(=O)CCCNC(=O)C23CC4CC(CC(C4)C2)C3)cc(C(=O)NCC(=O)NC[C@H](NC(=O)C2CCCN2S(=O)(=O)c2ccccc2)C(=O)O)c1. The summed E-state index contributed by atoms with van der Waals surface area (Å²) in [7, 11) is -4.02. The predicted molar refractivity (Wildman–Crippen MR) is 212 cm³/mol. The van der Waals surface area contributed by atoms with Crippen molar-refractivity contribution in [2.75, 3.05) is 31.5 Å². The maximum atomic E-state index is 13.2. The third kappa shape index (κ3) is 10.1. The van der Waals surface area contributed by atoms with Crippen molar-refractivity contribution in [1.82, 2.24) is 25.6 Å². The number of hydrogen-bond acceptors (Lipinski definition) is 9. The number of nitrogens with two attached hydrogens (primary N) is 2. The van der Waals surface area contributed by atoms with Gasteiger partial charge in [0.1, 0.15) is 12.1 Å². The van der Waals surface area contributed by atoms with E-state index in [4.69, 9.17) is 11.5 Å². The average molecular weight is 822 g/mol. The van der Waals surface area contributed by atoms with E-state index < -0.39 is 58.9 Å². The van der Waals surface area contributed by atoms with Crippen LogP contribution in [0.15, 0.2) is 58.4 Å². The molecule has 58 heavy (non-hydrogen) atoms. The number of guanidine groups is 1. The van der Waals surface area contributed by atoms with Gasteiger partial charge in [0.2, 0.25) is 33.7 Å². The summed E-state index contributed by atoms with van der Waals surface area (Å²) in [6.07, 6.45) is 7.65. The summed E-state index contributed by atoms with van der Waals surface area (Å²) in [6.45, 7) is -0.714. The number of carboxylic acids is 1. The topological polar surface area (TPSA) is 285 Å². The smallest absolute Gasteiger partial charge is 0.328 e. The maximum absolute atomic E-state index is 13.2. The number of aliphatic imine (C=N–C) groups is 1. The van der Waals surface area contributed by atoms with E-state index in [0.29, 0.717) is 37.1 Å². The summed E-state index contributed by atoms with van der Waals surface area (Å²) >= 11 is 0. The van der Waals surface area contributed by atoms with Gasteiger partial charge in [0.15, 0.2) is 5.96 Å². The minimum Gasteiger partial charge on any atom is -0.480 e. The first-order valence-corrected chi connectivity index (χ1v) is 21.0. The largest absolute Gasteiger partial charge is 0.480 e. The quantitative estimate of drug-likeness (QED) is 0.0631. The van der Waals surface area contributed by atoms with Crippen molar-refractivity contribution in [3.05, 3.63) is 54.1 Å². The number of aliphatic carboxylic acids is 1. The molecule has 7 rings (SSSR count). The fourth-order valence-electron chi connectivity index (χ4n) is 9.31. The summed E-state index contributed by atoms with van der Waals surface area (Å²) in [6, 6.07) is 8.99. The van der Waals surface area contributed by atoms with Crippen LogP contribution in [0.3, 0.4) is 0 Å². The second kappa shape index (κ2) is 17.9. The molecule has 2 aromatic carbocycles. The van der Waals surface area contributed by atoms with Crippen LogP contribution in [0.2, 0.25) is 0 Å². The first-order chi connectivity index (χ1) is 27.6. The number of nitrogens with zero attached hydrogens (tertiary/aromatic N) is 2. The maximum Gasteiger partial charge on any atom is 0.328 e. The molecule has 1 unspecified atom stereocenters. The number of amides is 5. The fourth-order valence-corrected chi connectivity index (χ4v) is 11.0. The number of carbonyl (C=O) groups excluding carboxylic acids is 5. The lowest BCUT2D eigenvalue weighted by molar-refractivity contribution is -0.146. The summed E-state index contributed by atoms with van der Waals surface area (Å²) in [5.41, 5.74) is 11.2. The molecule has 4 aliphatic carbocycles. The molecule has 5 fully saturated rings. The molecular weight excluding hydrogens is 771 g/mol. The van der Waals surface area contributed by atoms with Gasteiger partial charge >= 0.3 is 5.97 Å². The van der Waals surface area contributed by atoms with E-state index in [2.05, 4.69) is 31.6 Å². The number of carbonyl (C=O) groups is 6. The zero-order valence-electron chi connectivity index (χ0n) is 32.1. The van der Waals surface area contributed by atoms with Crippen molar-refractivity contribution in [1.29, 1.82) is 0 Å². The third-order valence-electron chi connectivity index (χ3n) is 11.5. The average Bonchev–Trinajstić information content (AvgIpc) is 3.68. The van der Waals surface area contributed by atoms with E-state index in [-0.39, 0.29) is 64.4 Å². The number of rotatable bonds is 17. The standard InChI is InChI=1S/C39H51N9O9S/c40-38(41)46-28-16-26(15-27(17-28)45-32(49)9-4-10-42-37(55)39-18-23-12-24(19-39)14-25(13-23)20-39)34(51)44-22-33(50)43-21-30(36(53)54)47-35(52)31-8-5-11-48(31)58(56,57)29-6-2-1-3-7-29/h1-3,6-7,15-17,23-25,30-31H,4-5,8-14,18-22H2,(H,42,55)(H,43,50)(H,44,51)(H,45,49)(H,47,52)(H,53,54)(H4,40,41,46)/t23?,24?,25?,30-,31?,39?/m0/s1. The van der Waals surface area contributed by atoms with Crippen LogP contribution >= 0.6 is 0 Å². The highest BCUT2D eigenvalue weighted by Crippen LogP contribution is 2.60. The van der Waals surface area contributed by atoms with Gasteiger partial charge in [-0.2, -0.15) is 4.31 Å². The molecule has 19 heteroatoms. The molecule has 0 aromatic heterocycles. The number of carboxylic acid groups (broad SMARTS) is 1. The van der Waals surface area contributed by atoms with Crippen LogP contribution in [0.4, 0.5) is 11.4 Å². The molecule has 1 saturated heterocycles. The Morgan fingerprint density at radius 3 is 2.21 bits per heavy atom. The lowest BCUT2D eigenvalue weighted by atomic mass is 9.49. The van der Waals surface area contributed by atoms with E-state index in [1.54, 1.807) is 18.2 Å². The van der Waals surface area contributed by atoms with Crippen molar-refractivity contribution in [3.8, 4) is 0 Å². The van der Waals surface area contributed by atoms with Crippen molar-refractivity contribution in [2.24, 2.45) is 39.6 Å². The predicted octanol–water partition coefficient (Wildman–Crippen LogP) is 0.912. The second-order valence-corrected chi connectivity index (χ2v) is 17.8. The Hall–Kier alpha value is -5.56. The van der Waals surface area contributed by atoms with Crippen LogP contribution in [0, 0.1) is 23.2 Å². The van der Waals surface area contributed by atoms with E-state index in [1.807, 2.05) is 0 Å². The molecule has 4 saturated carbocycles. The Morgan fingerprint density at radius 1 is 0.897 bits per heavy atom. The minimum absolute atomic E-state index is 0.00239. The summed E-state index contributed by atoms with van der Waals surface area (Å²) in [5, 5.41) is 22.6. The molecule has 2 aromatic rings. The van der Waals surface area contributed by atoms with Gasteiger partial charge in [0, 0.05) is 42.7 Å². The lowest BCUT2D eigenvalue weighted by Crippen LogP contribution is -2.54. The van der Waals surface area contributed by atoms with Gasteiger partial charge in [-0.05, 0) is 106 Å². The molecule has 0 spiro atoms. The molecule has 5 amide bonds. The van der Waals surface area contributed by atoms with Crippen molar-refractivity contribution in [3.63, 3.8) is 0 Å². The van der Waals surface area contributed by atoms with E-state index >= 15 is 0 Å². The van der Waals surface area contributed by atoms with Crippen LogP contribution < -0.4 is 38.1 Å². The monoisotopic (exact) mass is 821 g/mol. The first kappa shape index (κ1) is 42.1. The molecule has 4 bridgehead atoms. The highest BCUT2D eigenvalue weighted by molar-refractivity contribution is 7.89. The van der Waals surface area contributed by atoms with E-state index in [9.17, 15) is 42.3 Å². The molecule has 1 aliphatic heterocycles. The van der Waals surface area contributed by atoms with Crippen molar-refractivity contribution >= 4 is 62.9 Å². The zero-order chi connectivity index (χ0) is 41.6. The minimum atomic E-state index is -4.02. The molecule has 18 nitrogen and oxygen atoms in total. The van der Waals surface area contributed by atoms with Gasteiger partial charge < -0.3 is 43.2 Å². The number of sulfonamides is 1. The van der Waals surface area contributed by atoms with Gasteiger partial charge in [0.05, 0.1) is 17.1 Å². The Balaban J connectivity index is 0.970. The van der Waals surface area contributed by atoms with E-state index in [1.165, 1.54) is 49.6 Å². The summed E-state index contributed by atoms with van der Waals surface area (Å²) in [4.78, 5) is 81.0. The summed E-state index contributed by atoms with van der Waals surface area (Å²) < 4.78 is 27.4. The van der Waals surface area contributed by atoms with Gasteiger partial charge in [-0.25, -0.2) is 18.2 Å². The highest BCUT2D eigenvalue weighted by Gasteiger charge is 2.54. The normalized spacial score (nSPS) is 23.9. The molecule has 0 radical (unpaired) electrons.